The summed E-state index contributed by atoms with van der Waals surface area (Å²) in [7, 11) is -2.13. The van der Waals surface area contributed by atoms with Gasteiger partial charge < -0.3 is 24.3 Å². The number of carbonyl (C=O) groups excluding carboxylic acids is 4. The monoisotopic (exact) mass is 554 g/mol. The molecule has 12 heteroatoms. The van der Waals surface area contributed by atoms with E-state index in [1.807, 2.05) is 6.07 Å². The standard InChI is InChI=1S/C26H38N2O9S/c1-19(29)36-26(13-9-14-26)15-17-38(33,28-24(32)35-18-20-10-7-6-8-11-20)16-12-21(22(30)34-5)27-23(31)37-25(2,3)4/h6-8,10-11,21H,9,12-18H2,1-5H3,(H,27,31)/t21-,38+/m0/s1. The van der Waals surface area contributed by atoms with Crippen LogP contribution in [0, 0.1) is 0 Å². The molecule has 2 amide bonds. The molecule has 212 valence electrons. The zero-order chi connectivity index (χ0) is 28.4. The molecule has 0 bridgehead atoms. The number of nitrogens with one attached hydrogen (secondary N) is 1. The van der Waals surface area contributed by atoms with Crippen LogP contribution in [0.1, 0.15) is 65.4 Å². The van der Waals surface area contributed by atoms with Gasteiger partial charge in [-0.15, -0.1) is 4.36 Å². The van der Waals surface area contributed by atoms with E-state index in [-0.39, 0.29) is 31.0 Å². The molecule has 0 aliphatic heterocycles. The fourth-order valence-electron chi connectivity index (χ4n) is 3.84. The van der Waals surface area contributed by atoms with E-state index < -0.39 is 51.1 Å². The quantitative estimate of drug-likeness (QED) is 0.315. The molecular formula is C26H38N2O9S. The van der Waals surface area contributed by atoms with Crippen LogP contribution < -0.4 is 5.32 Å². The maximum atomic E-state index is 13.9. The Labute approximate surface area is 224 Å². The second kappa shape index (κ2) is 13.6. The van der Waals surface area contributed by atoms with E-state index in [2.05, 4.69) is 9.68 Å². The first-order valence-electron chi connectivity index (χ1n) is 12.4. The first kappa shape index (κ1) is 31.1. The summed E-state index contributed by atoms with van der Waals surface area (Å²) in [6, 6.07) is 7.77. The SMILES string of the molecule is COC(=O)[C@H](CC[S@@](=O)(CCC1(OC(C)=O)CCC1)=NC(=O)OCc1ccccc1)NC(=O)OC(C)(C)C. The molecule has 0 spiro atoms. The number of methoxy groups -OCH3 is 1. The molecule has 1 aromatic rings. The number of hydrogen-bond acceptors (Lipinski definition) is 9. The van der Waals surface area contributed by atoms with E-state index in [4.69, 9.17) is 18.9 Å². The Balaban J connectivity index is 2.20. The van der Waals surface area contributed by atoms with E-state index in [0.29, 0.717) is 12.8 Å². The fourth-order valence-corrected chi connectivity index (χ4v) is 5.85. The molecule has 0 unspecified atom stereocenters. The highest BCUT2D eigenvalue weighted by molar-refractivity contribution is 7.93. The number of nitrogens with zero attached hydrogens (tertiary/aromatic N) is 1. The lowest BCUT2D eigenvalue weighted by molar-refractivity contribution is -0.167. The molecule has 1 aromatic carbocycles. The lowest BCUT2D eigenvalue weighted by Gasteiger charge is -2.41. The predicted molar refractivity (Wildman–Crippen MR) is 140 cm³/mol. The van der Waals surface area contributed by atoms with E-state index in [0.717, 1.165) is 19.1 Å². The Hall–Kier alpha value is -3.15. The Kier molecular flexibility index (Phi) is 11.1. The minimum absolute atomic E-state index is 0.0545. The largest absolute Gasteiger partial charge is 0.467 e. The summed E-state index contributed by atoms with van der Waals surface area (Å²) in [5, 5.41) is 2.43. The van der Waals surface area contributed by atoms with Crippen LogP contribution >= 0.6 is 0 Å². The molecule has 38 heavy (non-hydrogen) atoms. The van der Waals surface area contributed by atoms with Crippen molar-refractivity contribution < 1.29 is 42.3 Å². The van der Waals surface area contributed by atoms with Gasteiger partial charge >= 0.3 is 24.1 Å². The van der Waals surface area contributed by atoms with Gasteiger partial charge in [-0.2, -0.15) is 0 Å². The summed E-state index contributed by atoms with van der Waals surface area (Å²) in [6.45, 7) is 6.27. The number of amides is 2. The van der Waals surface area contributed by atoms with Crippen molar-refractivity contribution in [2.75, 3.05) is 18.6 Å². The molecule has 11 nitrogen and oxygen atoms in total. The molecule has 2 rings (SSSR count). The molecular weight excluding hydrogens is 516 g/mol. The van der Waals surface area contributed by atoms with Crippen molar-refractivity contribution in [3.05, 3.63) is 35.9 Å². The molecule has 1 aliphatic carbocycles. The Morgan fingerprint density at radius 3 is 2.29 bits per heavy atom. The molecule has 1 aliphatic rings. The van der Waals surface area contributed by atoms with Gasteiger partial charge in [0.05, 0.1) is 16.8 Å². The number of hydrogen-bond donors (Lipinski definition) is 1. The number of esters is 2. The third kappa shape index (κ3) is 10.7. The lowest BCUT2D eigenvalue weighted by atomic mass is 9.78. The lowest BCUT2D eigenvalue weighted by Crippen LogP contribution is -2.45. The van der Waals surface area contributed by atoms with Gasteiger partial charge in [-0.05, 0) is 58.4 Å². The van der Waals surface area contributed by atoms with Crippen LogP contribution in [0.5, 0.6) is 0 Å². The highest BCUT2D eigenvalue weighted by atomic mass is 32.2. The summed E-state index contributed by atoms with van der Waals surface area (Å²) < 4.78 is 38.5. The average molecular weight is 555 g/mol. The number of benzene rings is 1. The maximum absolute atomic E-state index is 13.9. The van der Waals surface area contributed by atoms with Gasteiger partial charge in [0.1, 0.15) is 23.9 Å². The van der Waals surface area contributed by atoms with Crippen LogP contribution in [-0.4, -0.2) is 64.2 Å². The molecule has 2 atom stereocenters. The Morgan fingerprint density at radius 1 is 1.11 bits per heavy atom. The fraction of sp³-hybridized carbons (Fsp3) is 0.615. The van der Waals surface area contributed by atoms with E-state index >= 15 is 0 Å². The molecule has 0 radical (unpaired) electrons. The third-order valence-corrected chi connectivity index (χ3v) is 8.05. The van der Waals surface area contributed by atoms with Crippen LogP contribution in [0.2, 0.25) is 0 Å². The Morgan fingerprint density at radius 2 is 1.76 bits per heavy atom. The molecule has 0 heterocycles. The second-order valence-corrected chi connectivity index (χ2v) is 12.7. The third-order valence-electron chi connectivity index (χ3n) is 5.85. The topological polar surface area (TPSA) is 147 Å². The molecule has 0 aromatic heterocycles. The van der Waals surface area contributed by atoms with E-state index in [9.17, 15) is 23.4 Å². The van der Waals surface area contributed by atoms with Crippen LogP contribution in [0.15, 0.2) is 34.7 Å². The van der Waals surface area contributed by atoms with Crippen LogP contribution in [0.25, 0.3) is 0 Å². The summed E-state index contributed by atoms with van der Waals surface area (Å²) in [5.41, 5.74) is -0.823. The normalized spacial score (nSPS) is 16.6. The maximum Gasteiger partial charge on any atom is 0.442 e. The van der Waals surface area contributed by atoms with Crippen molar-refractivity contribution >= 4 is 33.9 Å². The van der Waals surface area contributed by atoms with Gasteiger partial charge in [0.25, 0.3) is 0 Å². The van der Waals surface area contributed by atoms with Crippen molar-refractivity contribution in [3.63, 3.8) is 0 Å². The van der Waals surface area contributed by atoms with Crippen molar-refractivity contribution in [1.29, 1.82) is 0 Å². The Bertz CT molecular complexity index is 1100. The van der Waals surface area contributed by atoms with Gasteiger partial charge in [-0.3, -0.25) is 4.79 Å². The zero-order valence-corrected chi connectivity index (χ0v) is 23.5. The average Bonchev–Trinajstić information content (AvgIpc) is 2.81. The molecule has 1 fully saturated rings. The number of rotatable bonds is 11. The van der Waals surface area contributed by atoms with Crippen molar-refractivity contribution in [3.8, 4) is 0 Å². The van der Waals surface area contributed by atoms with Crippen molar-refractivity contribution in [2.24, 2.45) is 4.36 Å². The molecule has 1 saturated carbocycles. The number of alkyl carbamates (subject to hydrolysis) is 1. The minimum Gasteiger partial charge on any atom is -0.467 e. The number of carbonyl (C=O) groups is 4. The summed E-state index contributed by atoms with van der Waals surface area (Å²) in [5.74, 6) is -1.50. The van der Waals surface area contributed by atoms with Crippen molar-refractivity contribution in [2.45, 2.75) is 83.6 Å². The van der Waals surface area contributed by atoms with Gasteiger partial charge in [-0.25, -0.2) is 18.6 Å². The summed E-state index contributed by atoms with van der Waals surface area (Å²) in [6.07, 6.45) is 0.321. The first-order valence-corrected chi connectivity index (χ1v) is 14.3. The van der Waals surface area contributed by atoms with Crippen molar-refractivity contribution in [1.82, 2.24) is 5.32 Å². The minimum atomic E-state index is -3.29. The first-order chi connectivity index (χ1) is 17.7. The summed E-state index contributed by atoms with van der Waals surface area (Å²) >= 11 is 0. The highest BCUT2D eigenvalue weighted by Crippen LogP contribution is 2.39. The van der Waals surface area contributed by atoms with Gasteiger partial charge in [0.2, 0.25) is 0 Å². The zero-order valence-electron chi connectivity index (χ0n) is 22.7. The van der Waals surface area contributed by atoms with E-state index in [1.54, 1.807) is 45.0 Å². The summed E-state index contributed by atoms with van der Waals surface area (Å²) in [4.78, 5) is 48.8. The second-order valence-electron chi connectivity index (χ2n) is 10.2. The number of ether oxygens (including phenoxy) is 4. The molecule has 1 N–H and O–H groups in total. The van der Waals surface area contributed by atoms with Crippen LogP contribution in [0.4, 0.5) is 9.59 Å². The van der Waals surface area contributed by atoms with Gasteiger partial charge in [-0.1, -0.05) is 30.3 Å². The van der Waals surface area contributed by atoms with Gasteiger partial charge in [0, 0.05) is 18.4 Å². The van der Waals surface area contributed by atoms with E-state index in [1.165, 1.54) is 6.92 Å². The van der Waals surface area contributed by atoms with Gasteiger partial charge in [0.15, 0.2) is 0 Å². The smallest absolute Gasteiger partial charge is 0.442 e. The van der Waals surface area contributed by atoms with Crippen LogP contribution in [-0.2, 0) is 44.9 Å². The van der Waals surface area contributed by atoms with Crippen LogP contribution in [0.3, 0.4) is 0 Å². The molecule has 0 saturated heterocycles. The predicted octanol–water partition coefficient (Wildman–Crippen LogP) is 4.12. The highest BCUT2D eigenvalue weighted by Gasteiger charge is 2.41.